The standard InChI is InChI=1S/C16H22/c1-12-6-7-13(2)15-14(12)8-11-16(15)9-4-3-5-10-16/h6-7H,3-5,8-11H2,1-2H3. The van der Waals surface area contributed by atoms with Crippen molar-refractivity contribution in [2.75, 3.05) is 0 Å². The molecule has 0 saturated heterocycles. The van der Waals surface area contributed by atoms with Crippen LogP contribution in [0.3, 0.4) is 0 Å². The second-order valence-corrected chi connectivity index (χ2v) is 5.89. The van der Waals surface area contributed by atoms with E-state index in [1.54, 1.807) is 16.7 Å². The monoisotopic (exact) mass is 214 g/mol. The van der Waals surface area contributed by atoms with Crippen LogP contribution in [0.25, 0.3) is 0 Å². The summed E-state index contributed by atoms with van der Waals surface area (Å²) >= 11 is 0. The van der Waals surface area contributed by atoms with Gasteiger partial charge in [-0.25, -0.2) is 0 Å². The molecule has 0 unspecified atom stereocenters. The molecule has 86 valence electrons. The zero-order valence-electron chi connectivity index (χ0n) is 10.6. The molecule has 0 aliphatic heterocycles. The van der Waals surface area contributed by atoms with Crippen LogP contribution in [0.2, 0.25) is 0 Å². The predicted octanol–water partition coefficient (Wildman–Crippen LogP) is 4.45. The predicted molar refractivity (Wildman–Crippen MR) is 69.0 cm³/mol. The van der Waals surface area contributed by atoms with Crippen LogP contribution in [0, 0.1) is 13.8 Å². The van der Waals surface area contributed by atoms with Gasteiger partial charge in [0.25, 0.3) is 0 Å². The summed E-state index contributed by atoms with van der Waals surface area (Å²) in [7, 11) is 0. The van der Waals surface area contributed by atoms with Crippen LogP contribution in [0.1, 0.15) is 60.8 Å². The average Bonchev–Trinajstić information content (AvgIpc) is 2.66. The Morgan fingerprint density at radius 2 is 1.56 bits per heavy atom. The fraction of sp³-hybridized carbons (Fsp3) is 0.625. The first kappa shape index (κ1) is 10.4. The van der Waals surface area contributed by atoms with Gasteiger partial charge in [-0.15, -0.1) is 0 Å². The van der Waals surface area contributed by atoms with Gasteiger partial charge in [-0.1, -0.05) is 31.4 Å². The Morgan fingerprint density at radius 1 is 0.875 bits per heavy atom. The van der Waals surface area contributed by atoms with Crippen molar-refractivity contribution in [1.82, 2.24) is 0 Å². The highest BCUT2D eigenvalue weighted by Crippen LogP contribution is 2.50. The quantitative estimate of drug-likeness (QED) is 0.598. The largest absolute Gasteiger partial charge is 0.0588 e. The van der Waals surface area contributed by atoms with E-state index < -0.39 is 0 Å². The number of fused-ring (bicyclic) bond motifs is 2. The van der Waals surface area contributed by atoms with E-state index >= 15 is 0 Å². The highest BCUT2D eigenvalue weighted by Gasteiger charge is 2.40. The zero-order chi connectivity index (χ0) is 11.2. The molecule has 1 aromatic rings. The first-order valence-electron chi connectivity index (χ1n) is 6.82. The van der Waals surface area contributed by atoms with Crippen molar-refractivity contribution in [3.05, 3.63) is 34.4 Å². The lowest BCUT2D eigenvalue weighted by Gasteiger charge is -2.35. The lowest BCUT2D eigenvalue weighted by atomic mass is 9.69. The molecule has 1 fully saturated rings. The third-order valence-electron chi connectivity index (χ3n) is 4.95. The van der Waals surface area contributed by atoms with Gasteiger partial charge in [0.05, 0.1) is 0 Å². The van der Waals surface area contributed by atoms with E-state index in [0.717, 1.165) is 0 Å². The summed E-state index contributed by atoms with van der Waals surface area (Å²) in [6, 6.07) is 4.66. The van der Waals surface area contributed by atoms with Gasteiger partial charge in [-0.2, -0.15) is 0 Å². The van der Waals surface area contributed by atoms with Crippen LogP contribution in [0.15, 0.2) is 12.1 Å². The minimum atomic E-state index is 0.587. The molecule has 3 rings (SSSR count). The van der Waals surface area contributed by atoms with Crippen LogP contribution in [0.4, 0.5) is 0 Å². The molecule has 1 aromatic carbocycles. The van der Waals surface area contributed by atoms with E-state index in [9.17, 15) is 0 Å². The summed E-state index contributed by atoms with van der Waals surface area (Å²) in [5.74, 6) is 0. The van der Waals surface area contributed by atoms with Gasteiger partial charge in [0.2, 0.25) is 0 Å². The van der Waals surface area contributed by atoms with Crippen molar-refractivity contribution in [2.45, 2.75) is 64.2 Å². The maximum absolute atomic E-state index is 2.34. The highest BCUT2D eigenvalue weighted by atomic mass is 14.4. The number of aryl methyl sites for hydroxylation is 2. The number of hydrogen-bond acceptors (Lipinski definition) is 0. The van der Waals surface area contributed by atoms with Gasteiger partial charge in [0.1, 0.15) is 0 Å². The van der Waals surface area contributed by atoms with Crippen LogP contribution < -0.4 is 0 Å². The summed E-state index contributed by atoms with van der Waals surface area (Å²) in [5.41, 5.74) is 7.13. The third kappa shape index (κ3) is 1.35. The van der Waals surface area contributed by atoms with Gasteiger partial charge in [-0.05, 0) is 67.2 Å². The molecule has 0 atom stereocenters. The van der Waals surface area contributed by atoms with Gasteiger partial charge >= 0.3 is 0 Å². The Labute approximate surface area is 99.1 Å². The maximum atomic E-state index is 2.34. The normalized spacial score (nSPS) is 22.4. The lowest BCUT2D eigenvalue weighted by Crippen LogP contribution is -2.26. The summed E-state index contributed by atoms with van der Waals surface area (Å²) in [4.78, 5) is 0. The Morgan fingerprint density at radius 3 is 2.31 bits per heavy atom. The molecular formula is C16H22. The van der Waals surface area contributed by atoms with Gasteiger partial charge in [-0.3, -0.25) is 0 Å². The summed E-state index contributed by atoms with van der Waals surface area (Å²) in [6.07, 6.45) is 10.0. The molecule has 0 nitrogen and oxygen atoms in total. The van der Waals surface area contributed by atoms with E-state index in [4.69, 9.17) is 0 Å². The molecule has 2 aliphatic rings. The maximum Gasteiger partial charge on any atom is -0.00384 e. The van der Waals surface area contributed by atoms with Gasteiger partial charge < -0.3 is 0 Å². The second kappa shape index (κ2) is 3.61. The smallest absolute Gasteiger partial charge is 0.00384 e. The molecule has 1 saturated carbocycles. The van der Waals surface area contributed by atoms with E-state index in [2.05, 4.69) is 26.0 Å². The number of rotatable bonds is 0. The highest BCUT2D eigenvalue weighted by molar-refractivity contribution is 5.48. The molecule has 16 heavy (non-hydrogen) atoms. The topological polar surface area (TPSA) is 0 Å². The molecule has 2 aliphatic carbocycles. The lowest BCUT2D eigenvalue weighted by molar-refractivity contribution is 0.291. The van der Waals surface area contributed by atoms with Crippen molar-refractivity contribution in [1.29, 1.82) is 0 Å². The van der Waals surface area contributed by atoms with Gasteiger partial charge in [0, 0.05) is 0 Å². The molecule has 1 spiro atoms. The Hall–Kier alpha value is -0.780. The van der Waals surface area contributed by atoms with Crippen LogP contribution >= 0.6 is 0 Å². The Balaban J connectivity index is 2.13. The minimum Gasteiger partial charge on any atom is -0.0588 e. The molecule has 0 heterocycles. The van der Waals surface area contributed by atoms with Crippen LogP contribution in [-0.2, 0) is 11.8 Å². The van der Waals surface area contributed by atoms with E-state index in [1.165, 1.54) is 50.5 Å². The first-order chi connectivity index (χ1) is 7.73. The molecule has 0 bridgehead atoms. The summed E-state index contributed by atoms with van der Waals surface area (Å²) < 4.78 is 0. The molecule has 0 aromatic heterocycles. The fourth-order valence-corrected chi connectivity index (χ4v) is 4.15. The van der Waals surface area contributed by atoms with Crippen molar-refractivity contribution in [3.63, 3.8) is 0 Å². The first-order valence-corrected chi connectivity index (χ1v) is 6.82. The van der Waals surface area contributed by atoms with E-state index in [1.807, 2.05) is 0 Å². The summed E-state index contributed by atoms with van der Waals surface area (Å²) in [6.45, 7) is 4.61. The van der Waals surface area contributed by atoms with Crippen molar-refractivity contribution in [2.24, 2.45) is 0 Å². The number of hydrogen-bond donors (Lipinski definition) is 0. The van der Waals surface area contributed by atoms with Crippen LogP contribution in [-0.4, -0.2) is 0 Å². The zero-order valence-corrected chi connectivity index (χ0v) is 10.6. The Kier molecular flexibility index (Phi) is 2.34. The SMILES string of the molecule is Cc1ccc(C)c2c1CCC21CCCCC1. The van der Waals surface area contributed by atoms with Crippen molar-refractivity contribution < 1.29 is 0 Å². The van der Waals surface area contributed by atoms with E-state index in [-0.39, 0.29) is 0 Å². The average molecular weight is 214 g/mol. The number of benzene rings is 1. The third-order valence-corrected chi connectivity index (χ3v) is 4.95. The second-order valence-electron chi connectivity index (χ2n) is 5.89. The van der Waals surface area contributed by atoms with Crippen LogP contribution in [0.5, 0.6) is 0 Å². The molecule has 0 amide bonds. The van der Waals surface area contributed by atoms with Crippen molar-refractivity contribution in [3.8, 4) is 0 Å². The molecule has 0 heteroatoms. The molecule has 0 radical (unpaired) electrons. The molecular weight excluding hydrogens is 192 g/mol. The minimum absolute atomic E-state index is 0.587. The van der Waals surface area contributed by atoms with E-state index in [0.29, 0.717) is 5.41 Å². The summed E-state index contributed by atoms with van der Waals surface area (Å²) in [5, 5.41) is 0. The Bertz CT molecular complexity index is 408. The molecule has 0 N–H and O–H groups in total. The fourth-order valence-electron chi connectivity index (χ4n) is 4.15. The van der Waals surface area contributed by atoms with Gasteiger partial charge in [0.15, 0.2) is 0 Å². The van der Waals surface area contributed by atoms with Crippen molar-refractivity contribution >= 4 is 0 Å².